The van der Waals surface area contributed by atoms with Crippen molar-refractivity contribution in [3.63, 3.8) is 0 Å². The van der Waals surface area contributed by atoms with E-state index in [-0.39, 0.29) is 18.0 Å². The molecule has 0 aliphatic carbocycles. The lowest BCUT2D eigenvalue weighted by Gasteiger charge is -2.29. The molecule has 3 heteroatoms. The predicted octanol–water partition coefficient (Wildman–Crippen LogP) is 4.73. The highest BCUT2D eigenvalue weighted by molar-refractivity contribution is 5.84. The van der Waals surface area contributed by atoms with Crippen LogP contribution < -0.4 is 5.32 Å². The minimum absolute atomic E-state index is 0.0609. The molecule has 1 saturated heterocycles. The maximum absolute atomic E-state index is 13.5. The van der Waals surface area contributed by atoms with Gasteiger partial charge in [-0.15, -0.1) is 0 Å². The maximum Gasteiger partial charge on any atom is 0.242 e. The van der Waals surface area contributed by atoms with E-state index in [2.05, 4.69) is 46.6 Å². The van der Waals surface area contributed by atoms with Crippen LogP contribution in [0.3, 0.4) is 0 Å². The zero-order chi connectivity index (χ0) is 19.2. The first-order valence-electron chi connectivity index (χ1n) is 10.0. The number of hydrogen-bond donors (Lipinski definition) is 1. The van der Waals surface area contributed by atoms with Crippen LogP contribution in [0.1, 0.15) is 41.6 Å². The Morgan fingerprint density at radius 3 is 1.57 bits per heavy atom. The number of carbonyl (C=O) groups is 1. The van der Waals surface area contributed by atoms with Crippen LogP contribution in [0.4, 0.5) is 0 Å². The lowest BCUT2D eigenvalue weighted by atomic mass is 9.97. The molecule has 0 radical (unpaired) electrons. The van der Waals surface area contributed by atoms with E-state index in [0.717, 1.165) is 42.6 Å². The molecule has 1 heterocycles. The van der Waals surface area contributed by atoms with Gasteiger partial charge >= 0.3 is 0 Å². The van der Waals surface area contributed by atoms with Crippen molar-refractivity contribution in [2.45, 2.75) is 24.9 Å². The van der Waals surface area contributed by atoms with E-state index < -0.39 is 0 Å². The number of nitrogens with zero attached hydrogens (tertiary/aromatic N) is 1. The Bertz CT molecular complexity index is 835. The zero-order valence-corrected chi connectivity index (χ0v) is 16.0. The number of carbonyl (C=O) groups excluding carboxylic acids is 1. The van der Waals surface area contributed by atoms with E-state index in [1.807, 2.05) is 54.6 Å². The molecule has 3 aromatic rings. The Balaban J connectivity index is 1.65. The lowest BCUT2D eigenvalue weighted by Crippen LogP contribution is -2.41. The fraction of sp³-hybridized carbons (Fsp3) is 0.240. The first-order valence-corrected chi connectivity index (χ1v) is 10.0. The van der Waals surface area contributed by atoms with Gasteiger partial charge in [-0.2, -0.15) is 0 Å². The van der Waals surface area contributed by atoms with Gasteiger partial charge in [-0.05, 0) is 42.6 Å². The third kappa shape index (κ3) is 4.15. The normalized spacial score (nSPS) is 15.5. The summed E-state index contributed by atoms with van der Waals surface area (Å²) >= 11 is 0. The van der Waals surface area contributed by atoms with Gasteiger partial charge in [0.25, 0.3) is 0 Å². The van der Waals surface area contributed by atoms with Gasteiger partial charge in [-0.25, -0.2) is 0 Å². The molecule has 0 bridgehead atoms. The molecule has 0 spiro atoms. The SMILES string of the molecule is O=C(NC(c1ccccc1)c1ccccc1)C(c1ccccc1)N1CCCC1. The van der Waals surface area contributed by atoms with Crippen molar-refractivity contribution in [1.82, 2.24) is 10.2 Å². The van der Waals surface area contributed by atoms with E-state index in [4.69, 9.17) is 0 Å². The molecule has 1 aliphatic heterocycles. The second-order valence-electron chi connectivity index (χ2n) is 7.32. The molecule has 0 aromatic heterocycles. The Kier molecular flexibility index (Phi) is 5.83. The zero-order valence-electron chi connectivity index (χ0n) is 16.0. The molecular formula is C25H26N2O. The van der Waals surface area contributed by atoms with E-state index in [1.165, 1.54) is 0 Å². The van der Waals surface area contributed by atoms with Gasteiger partial charge in [0.2, 0.25) is 5.91 Å². The predicted molar refractivity (Wildman–Crippen MR) is 113 cm³/mol. The molecule has 1 fully saturated rings. The summed E-state index contributed by atoms with van der Waals surface area (Å²) in [7, 11) is 0. The minimum Gasteiger partial charge on any atom is -0.344 e. The molecule has 28 heavy (non-hydrogen) atoms. The fourth-order valence-corrected chi connectivity index (χ4v) is 4.03. The first kappa shape index (κ1) is 18.5. The highest BCUT2D eigenvalue weighted by Crippen LogP contribution is 2.28. The van der Waals surface area contributed by atoms with Crippen molar-refractivity contribution in [1.29, 1.82) is 0 Å². The third-order valence-electron chi connectivity index (χ3n) is 5.42. The summed E-state index contributed by atoms with van der Waals surface area (Å²) in [6.07, 6.45) is 2.30. The second-order valence-corrected chi connectivity index (χ2v) is 7.32. The highest BCUT2D eigenvalue weighted by Gasteiger charge is 2.31. The van der Waals surface area contributed by atoms with E-state index in [0.29, 0.717) is 0 Å². The molecule has 142 valence electrons. The quantitative estimate of drug-likeness (QED) is 0.680. The minimum atomic E-state index is -0.251. The number of nitrogens with one attached hydrogen (secondary N) is 1. The van der Waals surface area contributed by atoms with Crippen LogP contribution in [-0.4, -0.2) is 23.9 Å². The molecule has 1 amide bonds. The molecule has 1 N–H and O–H groups in total. The van der Waals surface area contributed by atoms with Gasteiger partial charge < -0.3 is 5.32 Å². The summed E-state index contributed by atoms with van der Waals surface area (Å²) < 4.78 is 0. The fourth-order valence-electron chi connectivity index (χ4n) is 4.03. The van der Waals surface area contributed by atoms with Crippen LogP contribution in [0.25, 0.3) is 0 Å². The van der Waals surface area contributed by atoms with Crippen LogP contribution >= 0.6 is 0 Å². The summed E-state index contributed by atoms with van der Waals surface area (Å²) in [4.78, 5) is 15.8. The monoisotopic (exact) mass is 370 g/mol. The van der Waals surface area contributed by atoms with Crippen molar-refractivity contribution in [3.8, 4) is 0 Å². The van der Waals surface area contributed by atoms with Gasteiger partial charge in [-0.1, -0.05) is 91.0 Å². The van der Waals surface area contributed by atoms with Crippen LogP contribution in [0.15, 0.2) is 91.0 Å². The van der Waals surface area contributed by atoms with Gasteiger partial charge in [0.15, 0.2) is 0 Å². The van der Waals surface area contributed by atoms with Crippen molar-refractivity contribution in [2.24, 2.45) is 0 Å². The molecular weight excluding hydrogens is 344 g/mol. The number of amides is 1. The maximum atomic E-state index is 13.5. The van der Waals surface area contributed by atoms with Crippen LogP contribution in [-0.2, 0) is 4.79 Å². The number of rotatable bonds is 6. The highest BCUT2D eigenvalue weighted by atomic mass is 16.2. The third-order valence-corrected chi connectivity index (χ3v) is 5.42. The van der Waals surface area contributed by atoms with Crippen molar-refractivity contribution in [3.05, 3.63) is 108 Å². The van der Waals surface area contributed by atoms with Gasteiger partial charge in [0.05, 0.1) is 6.04 Å². The Morgan fingerprint density at radius 2 is 1.11 bits per heavy atom. The van der Waals surface area contributed by atoms with Gasteiger partial charge in [0.1, 0.15) is 6.04 Å². The standard InChI is InChI=1S/C25H26N2O/c28-25(24(27-18-10-11-19-27)22-16-8-3-9-17-22)26-23(20-12-4-1-5-13-20)21-14-6-2-7-15-21/h1-9,12-17,23-24H,10-11,18-19H2,(H,26,28). The number of benzene rings is 3. The lowest BCUT2D eigenvalue weighted by molar-refractivity contribution is -0.126. The van der Waals surface area contributed by atoms with E-state index in [1.54, 1.807) is 0 Å². The Hall–Kier alpha value is -2.91. The van der Waals surface area contributed by atoms with Gasteiger partial charge in [-0.3, -0.25) is 9.69 Å². The summed E-state index contributed by atoms with van der Waals surface area (Å²) in [5.74, 6) is 0.0609. The van der Waals surface area contributed by atoms with Crippen molar-refractivity contribution >= 4 is 5.91 Å². The molecule has 1 aliphatic rings. The molecule has 1 unspecified atom stereocenters. The summed E-state index contributed by atoms with van der Waals surface area (Å²) in [6, 6.07) is 30.1. The topological polar surface area (TPSA) is 32.3 Å². The second kappa shape index (κ2) is 8.85. The van der Waals surface area contributed by atoms with Crippen LogP contribution in [0.5, 0.6) is 0 Å². The van der Waals surface area contributed by atoms with E-state index >= 15 is 0 Å². The molecule has 3 nitrogen and oxygen atoms in total. The molecule has 3 aromatic carbocycles. The summed E-state index contributed by atoms with van der Waals surface area (Å²) in [5, 5.41) is 3.34. The van der Waals surface area contributed by atoms with E-state index in [9.17, 15) is 4.79 Å². The van der Waals surface area contributed by atoms with Crippen molar-refractivity contribution < 1.29 is 4.79 Å². The largest absolute Gasteiger partial charge is 0.344 e. The van der Waals surface area contributed by atoms with Gasteiger partial charge in [0, 0.05) is 0 Å². The smallest absolute Gasteiger partial charge is 0.242 e. The average Bonchev–Trinajstić information content (AvgIpc) is 3.28. The van der Waals surface area contributed by atoms with Crippen LogP contribution in [0, 0.1) is 0 Å². The van der Waals surface area contributed by atoms with Crippen LogP contribution in [0.2, 0.25) is 0 Å². The number of hydrogen-bond acceptors (Lipinski definition) is 2. The Morgan fingerprint density at radius 1 is 0.679 bits per heavy atom. The molecule has 1 atom stereocenters. The average molecular weight is 370 g/mol. The van der Waals surface area contributed by atoms with Crippen molar-refractivity contribution in [2.75, 3.05) is 13.1 Å². The summed E-state index contributed by atoms with van der Waals surface area (Å²) in [6.45, 7) is 1.93. The molecule has 0 saturated carbocycles. The number of likely N-dealkylation sites (tertiary alicyclic amines) is 1. The molecule has 4 rings (SSSR count). The first-order chi connectivity index (χ1) is 13.8. The summed E-state index contributed by atoms with van der Waals surface area (Å²) in [5.41, 5.74) is 3.24. The Labute approximate surface area is 167 Å².